The van der Waals surface area contributed by atoms with Crippen LogP contribution in [-0.2, 0) is 4.74 Å². The van der Waals surface area contributed by atoms with E-state index in [0.717, 1.165) is 0 Å². The van der Waals surface area contributed by atoms with Crippen LogP contribution in [0.15, 0.2) is 24.4 Å². The number of aromatic nitrogens is 1. The van der Waals surface area contributed by atoms with Crippen molar-refractivity contribution < 1.29 is 14.6 Å². The van der Waals surface area contributed by atoms with Crippen LogP contribution in [0.1, 0.15) is 52.8 Å². The number of hydrogen-bond acceptors (Lipinski definition) is 4. The van der Waals surface area contributed by atoms with E-state index in [1.54, 1.807) is 39.1 Å². The van der Waals surface area contributed by atoms with E-state index in [-0.39, 0.29) is 0 Å². The molecule has 0 aliphatic carbocycles. The summed E-state index contributed by atoms with van der Waals surface area (Å²) in [6, 6.07) is 4.91. The van der Waals surface area contributed by atoms with Gasteiger partial charge in [0.15, 0.2) is 0 Å². The fraction of sp³-hybridized carbons (Fsp3) is 0.625. The van der Waals surface area contributed by atoms with Gasteiger partial charge in [0.05, 0.1) is 11.7 Å². The molecule has 1 heterocycles. The predicted molar refractivity (Wildman–Crippen MR) is 81.8 cm³/mol. The Kier molecular flexibility index (Phi) is 6.15. The van der Waals surface area contributed by atoms with Gasteiger partial charge in [0.2, 0.25) is 0 Å². The zero-order valence-corrected chi connectivity index (χ0v) is 13.5. The molecule has 21 heavy (non-hydrogen) atoms. The second kappa shape index (κ2) is 7.41. The second-order valence-electron chi connectivity index (χ2n) is 6.58. The maximum atomic E-state index is 11.9. The Hall–Kier alpha value is -1.62. The van der Waals surface area contributed by atoms with Crippen LogP contribution in [0.2, 0.25) is 0 Å². The number of nitrogens with zero attached hydrogens (tertiary/aromatic N) is 1. The molecule has 0 saturated heterocycles. The topological polar surface area (TPSA) is 71.5 Å². The van der Waals surface area contributed by atoms with Gasteiger partial charge in [-0.25, -0.2) is 4.79 Å². The molecule has 1 amide bonds. The van der Waals surface area contributed by atoms with Gasteiger partial charge in [-0.1, -0.05) is 19.9 Å². The van der Waals surface area contributed by atoms with Gasteiger partial charge in [0, 0.05) is 6.20 Å². The number of hydrogen-bond donors (Lipinski definition) is 2. The average molecular weight is 294 g/mol. The highest BCUT2D eigenvalue weighted by molar-refractivity contribution is 5.68. The van der Waals surface area contributed by atoms with Crippen molar-refractivity contribution >= 4 is 6.09 Å². The molecule has 0 unspecified atom stereocenters. The highest BCUT2D eigenvalue weighted by Crippen LogP contribution is 2.20. The number of rotatable bonds is 5. The molecular formula is C16H26N2O3. The Balaban J connectivity index is 2.78. The van der Waals surface area contributed by atoms with E-state index < -0.39 is 23.8 Å². The molecule has 0 aliphatic heterocycles. The number of ether oxygens (including phenoxy) is 1. The van der Waals surface area contributed by atoms with Gasteiger partial charge >= 0.3 is 6.09 Å². The number of nitrogens with one attached hydrogen (secondary N) is 1. The summed E-state index contributed by atoms with van der Waals surface area (Å²) in [5.41, 5.74) is -0.0261. The van der Waals surface area contributed by atoms with E-state index in [1.807, 2.05) is 19.9 Å². The third-order valence-electron chi connectivity index (χ3n) is 2.80. The first-order valence-electron chi connectivity index (χ1n) is 7.27. The molecule has 2 atom stereocenters. The maximum Gasteiger partial charge on any atom is 0.407 e. The number of alkyl carbamates (subject to hydrolysis) is 1. The molecule has 1 aromatic heterocycles. The molecule has 5 heteroatoms. The summed E-state index contributed by atoms with van der Waals surface area (Å²) in [4.78, 5) is 16.1. The highest BCUT2D eigenvalue weighted by Gasteiger charge is 2.27. The summed E-state index contributed by atoms with van der Waals surface area (Å²) in [5, 5.41) is 13.2. The van der Waals surface area contributed by atoms with Crippen LogP contribution >= 0.6 is 0 Å². The van der Waals surface area contributed by atoms with Crippen molar-refractivity contribution in [2.45, 2.75) is 58.8 Å². The zero-order valence-electron chi connectivity index (χ0n) is 13.5. The Morgan fingerprint density at radius 2 is 2.05 bits per heavy atom. The van der Waals surface area contributed by atoms with Gasteiger partial charge in [-0.3, -0.25) is 4.98 Å². The lowest BCUT2D eigenvalue weighted by Crippen LogP contribution is -2.43. The zero-order chi connectivity index (χ0) is 16.0. The maximum absolute atomic E-state index is 11.9. The molecule has 0 fully saturated rings. The lowest BCUT2D eigenvalue weighted by Gasteiger charge is -2.27. The van der Waals surface area contributed by atoms with Crippen molar-refractivity contribution in [3.05, 3.63) is 30.1 Å². The molecular weight excluding hydrogens is 268 g/mol. The van der Waals surface area contributed by atoms with Crippen molar-refractivity contribution in [1.82, 2.24) is 10.3 Å². The minimum Gasteiger partial charge on any atom is -0.444 e. The van der Waals surface area contributed by atoms with E-state index in [4.69, 9.17) is 4.74 Å². The normalized spacial score (nSPS) is 14.6. The average Bonchev–Trinajstić information content (AvgIpc) is 2.35. The van der Waals surface area contributed by atoms with Crippen molar-refractivity contribution in [2.24, 2.45) is 5.92 Å². The summed E-state index contributed by atoms with van der Waals surface area (Å²) < 4.78 is 5.25. The Morgan fingerprint density at radius 1 is 1.38 bits per heavy atom. The summed E-state index contributed by atoms with van der Waals surface area (Å²) in [5.74, 6) is 0.322. The van der Waals surface area contributed by atoms with E-state index >= 15 is 0 Å². The lowest BCUT2D eigenvalue weighted by molar-refractivity contribution is 0.0397. The molecule has 5 nitrogen and oxygen atoms in total. The van der Waals surface area contributed by atoms with Gasteiger partial charge < -0.3 is 15.2 Å². The minimum atomic E-state index is -0.860. The molecule has 0 saturated carbocycles. The molecule has 1 aromatic rings. The Morgan fingerprint density at radius 3 is 2.52 bits per heavy atom. The highest BCUT2D eigenvalue weighted by atomic mass is 16.6. The van der Waals surface area contributed by atoms with Crippen LogP contribution < -0.4 is 5.32 Å². The summed E-state index contributed by atoms with van der Waals surface area (Å²) in [6.45, 7) is 9.49. The van der Waals surface area contributed by atoms with E-state index in [1.165, 1.54) is 0 Å². The van der Waals surface area contributed by atoms with Crippen LogP contribution in [0.3, 0.4) is 0 Å². The van der Waals surface area contributed by atoms with E-state index in [2.05, 4.69) is 10.3 Å². The molecule has 0 radical (unpaired) electrons. The van der Waals surface area contributed by atoms with E-state index in [9.17, 15) is 9.90 Å². The number of aliphatic hydroxyl groups is 1. The van der Waals surface area contributed by atoms with Crippen LogP contribution in [0.5, 0.6) is 0 Å². The number of amides is 1. The van der Waals surface area contributed by atoms with Gasteiger partial charge in [0.1, 0.15) is 11.7 Å². The van der Waals surface area contributed by atoms with E-state index in [0.29, 0.717) is 18.0 Å². The first-order valence-corrected chi connectivity index (χ1v) is 7.27. The standard InChI is InChI=1S/C16H26N2O3/c1-11(2)10-13(18-15(20)21-16(3,4)5)14(19)12-8-6-7-9-17-12/h6-9,11,13-14,19H,10H2,1-5H3,(H,18,20)/t13-,14-/m1/s1. The van der Waals surface area contributed by atoms with Gasteiger partial charge in [0.25, 0.3) is 0 Å². The number of carbonyl (C=O) groups is 1. The molecule has 2 N–H and O–H groups in total. The third-order valence-corrected chi connectivity index (χ3v) is 2.80. The first kappa shape index (κ1) is 17.4. The molecule has 0 aromatic carbocycles. The Labute approximate surface area is 126 Å². The van der Waals surface area contributed by atoms with Crippen LogP contribution in [-0.4, -0.2) is 27.8 Å². The van der Waals surface area contributed by atoms with Crippen molar-refractivity contribution in [2.75, 3.05) is 0 Å². The number of carbonyl (C=O) groups excluding carboxylic acids is 1. The molecule has 118 valence electrons. The fourth-order valence-electron chi connectivity index (χ4n) is 1.99. The molecule has 1 rings (SSSR count). The summed E-state index contributed by atoms with van der Waals surface area (Å²) >= 11 is 0. The van der Waals surface area contributed by atoms with Crippen molar-refractivity contribution in [1.29, 1.82) is 0 Å². The minimum absolute atomic E-state index is 0.322. The fourth-order valence-corrected chi connectivity index (χ4v) is 1.99. The van der Waals surface area contributed by atoms with Crippen LogP contribution in [0.4, 0.5) is 4.79 Å². The van der Waals surface area contributed by atoms with Crippen molar-refractivity contribution in [3.8, 4) is 0 Å². The first-order chi connectivity index (χ1) is 9.69. The monoisotopic (exact) mass is 294 g/mol. The SMILES string of the molecule is CC(C)C[C@@H](NC(=O)OC(C)(C)C)[C@H](O)c1ccccn1. The van der Waals surface area contributed by atoms with Crippen LogP contribution in [0.25, 0.3) is 0 Å². The lowest BCUT2D eigenvalue weighted by atomic mass is 9.97. The second-order valence-corrected chi connectivity index (χ2v) is 6.58. The summed E-state index contributed by atoms with van der Waals surface area (Å²) in [6.07, 6.45) is 0.874. The number of pyridine rings is 1. The van der Waals surface area contributed by atoms with Crippen molar-refractivity contribution in [3.63, 3.8) is 0 Å². The Bertz CT molecular complexity index is 441. The molecule has 0 bridgehead atoms. The smallest absolute Gasteiger partial charge is 0.407 e. The quantitative estimate of drug-likeness (QED) is 0.875. The largest absolute Gasteiger partial charge is 0.444 e. The summed E-state index contributed by atoms with van der Waals surface area (Å²) in [7, 11) is 0. The molecule has 0 spiro atoms. The predicted octanol–water partition coefficient (Wildman–Crippen LogP) is 3.05. The third kappa shape index (κ3) is 6.58. The van der Waals surface area contributed by atoms with Crippen LogP contribution in [0, 0.1) is 5.92 Å². The van der Waals surface area contributed by atoms with Gasteiger partial charge in [-0.05, 0) is 45.2 Å². The molecule has 0 aliphatic rings. The number of aliphatic hydroxyl groups excluding tert-OH is 1. The van der Waals surface area contributed by atoms with Gasteiger partial charge in [-0.2, -0.15) is 0 Å². The van der Waals surface area contributed by atoms with Gasteiger partial charge in [-0.15, -0.1) is 0 Å².